The van der Waals surface area contributed by atoms with Gasteiger partial charge in [0.15, 0.2) is 18.1 Å². The van der Waals surface area contributed by atoms with E-state index in [0.717, 1.165) is 14.5 Å². The standard InChI is InChI=1S/C18H14Br2N4O4/c1-26-15-8-13(20)6-7-14(15)27-10-16(25)22-21-9-17-23-24-18(28-17)11-2-4-12(19)5-3-11/h2-9H,10H2,1H3,(H,22,25)/b21-9-. The number of hydrogen-bond donors (Lipinski definition) is 1. The van der Waals surface area contributed by atoms with Crippen LogP contribution in [0.15, 0.2) is 60.9 Å². The van der Waals surface area contributed by atoms with Gasteiger partial charge in [0.2, 0.25) is 5.89 Å². The van der Waals surface area contributed by atoms with Crippen LogP contribution in [-0.2, 0) is 4.79 Å². The number of methoxy groups -OCH3 is 1. The minimum Gasteiger partial charge on any atom is -0.493 e. The Kier molecular flexibility index (Phi) is 6.77. The molecule has 0 aliphatic rings. The molecular formula is C18H14Br2N4O4. The van der Waals surface area contributed by atoms with Gasteiger partial charge in [0.05, 0.1) is 7.11 Å². The molecule has 0 bridgehead atoms. The number of benzene rings is 2. The van der Waals surface area contributed by atoms with E-state index in [-0.39, 0.29) is 12.5 Å². The summed E-state index contributed by atoms with van der Waals surface area (Å²) < 4.78 is 17.9. The number of carbonyl (C=O) groups excluding carboxylic acids is 1. The molecule has 8 nitrogen and oxygen atoms in total. The molecule has 1 N–H and O–H groups in total. The third kappa shape index (κ3) is 5.40. The first-order valence-electron chi connectivity index (χ1n) is 7.93. The minimum atomic E-state index is -0.450. The summed E-state index contributed by atoms with van der Waals surface area (Å²) in [4.78, 5) is 11.9. The Balaban J connectivity index is 1.52. The van der Waals surface area contributed by atoms with E-state index in [1.807, 2.05) is 24.3 Å². The summed E-state index contributed by atoms with van der Waals surface area (Å²) in [6.07, 6.45) is 1.26. The van der Waals surface area contributed by atoms with Crippen LogP contribution < -0.4 is 14.9 Å². The molecule has 0 spiro atoms. The number of hydrazone groups is 1. The second kappa shape index (κ2) is 9.47. The molecule has 10 heteroatoms. The maximum absolute atomic E-state index is 11.9. The zero-order chi connectivity index (χ0) is 19.9. The predicted molar refractivity (Wildman–Crippen MR) is 109 cm³/mol. The normalized spacial score (nSPS) is 10.8. The lowest BCUT2D eigenvalue weighted by Gasteiger charge is -2.09. The van der Waals surface area contributed by atoms with Gasteiger partial charge in [-0.25, -0.2) is 5.43 Å². The number of ether oxygens (including phenoxy) is 2. The Morgan fingerprint density at radius 3 is 2.64 bits per heavy atom. The molecule has 1 amide bonds. The van der Waals surface area contributed by atoms with Crippen molar-refractivity contribution in [3.8, 4) is 23.0 Å². The topological polar surface area (TPSA) is 98.8 Å². The van der Waals surface area contributed by atoms with Crippen molar-refractivity contribution in [1.29, 1.82) is 0 Å². The molecule has 144 valence electrons. The quantitative estimate of drug-likeness (QED) is 0.384. The van der Waals surface area contributed by atoms with Crippen LogP contribution in [0.1, 0.15) is 5.89 Å². The summed E-state index contributed by atoms with van der Waals surface area (Å²) in [6, 6.07) is 12.6. The lowest BCUT2D eigenvalue weighted by Crippen LogP contribution is -2.24. The molecule has 2 aromatic carbocycles. The predicted octanol–water partition coefficient (Wildman–Crippen LogP) is 3.80. The molecule has 3 aromatic rings. The van der Waals surface area contributed by atoms with Gasteiger partial charge in [-0.1, -0.05) is 31.9 Å². The summed E-state index contributed by atoms with van der Waals surface area (Å²) in [5.74, 6) is 1.02. The third-order valence-electron chi connectivity index (χ3n) is 3.38. The largest absolute Gasteiger partial charge is 0.493 e. The number of amides is 1. The van der Waals surface area contributed by atoms with Crippen LogP contribution >= 0.6 is 31.9 Å². The van der Waals surface area contributed by atoms with Gasteiger partial charge in [-0.2, -0.15) is 5.10 Å². The molecule has 0 aliphatic heterocycles. The zero-order valence-electron chi connectivity index (χ0n) is 14.6. The first kappa shape index (κ1) is 20.0. The molecule has 3 rings (SSSR count). The van der Waals surface area contributed by atoms with Gasteiger partial charge >= 0.3 is 0 Å². The Bertz CT molecular complexity index is 990. The molecule has 0 saturated carbocycles. The van der Waals surface area contributed by atoms with Gasteiger partial charge in [-0.05, 0) is 42.5 Å². The molecule has 0 radical (unpaired) electrons. The molecule has 0 atom stereocenters. The first-order valence-corrected chi connectivity index (χ1v) is 9.51. The van der Waals surface area contributed by atoms with Crippen molar-refractivity contribution >= 4 is 44.0 Å². The molecule has 1 aromatic heterocycles. The Morgan fingerprint density at radius 2 is 1.89 bits per heavy atom. The maximum atomic E-state index is 11.9. The maximum Gasteiger partial charge on any atom is 0.277 e. The number of hydrogen-bond acceptors (Lipinski definition) is 7. The fourth-order valence-corrected chi connectivity index (χ4v) is 2.70. The smallest absolute Gasteiger partial charge is 0.277 e. The average molecular weight is 510 g/mol. The SMILES string of the molecule is COc1cc(Br)ccc1OCC(=O)N/N=C\c1nnc(-c2ccc(Br)cc2)o1. The fourth-order valence-electron chi connectivity index (χ4n) is 2.09. The van der Waals surface area contributed by atoms with Crippen molar-refractivity contribution in [3.05, 3.63) is 57.3 Å². The fraction of sp³-hybridized carbons (Fsp3) is 0.111. The van der Waals surface area contributed by atoms with Gasteiger partial charge < -0.3 is 13.9 Å². The number of nitrogens with one attached hydrogen (secondary N) is 1. The molecule has 1 heterocycles. The van der Waals surface area contributed by atoms with Crippen LogP contribution in [0.3, 0.4) is 0 Å². The highest BCUT2D eigenvalue weighted by Gasteiger charge is 2.09. The van der Waals surface area contributed by atoms with E-state index < -0.39 is 5.91 Å². The summed E-state index contributed by atoms with van der Waals surface area (Å²) >= 11 is 6.70. The highest BCUT2D eigenvalue weighted by Crippen LogP contribution is 2.30. The highest BCUT2D eigenvalue weighted by atomic mass is 79.9. The first-order chi connectivity index (χ1) is 13.5. The van der Waals surface area contributed by atoms with E-state index in [4.69, 9.17) is 13.9 Å². The van der Waals surface area contributed by atoms with Crippen molar-refractivity contribution < 1.29 is 18.7 Å². The van der Waals surface area contributed by atoms with E-state index >= 15 is 0 Å². The van der Waals surface area contributed by atoms with E-state index in [0.29, 0.717) is 17.4 Å². The second-order valence-corrected chi connectivity index (χ2v) is 7.16. The summed E-state index contributed by atoms with van der Waals surface area (Å²) in [5, 5.41) is 11.6. The van der Waals surface area contributed by atoms with E-state index in [1.54, 1.807) is 18.2 Å². The molecule has 0 fully saturated rings. The number of halogens is 2. The Hall–Kier alpha value is -2.72. The van der Waals surface area contributed by atoms with Crippen LogP contribution in [0.2, 0.25) is 0 Å². The van der Waals surface area contributed by atoms with Crippen LogP contribution in [0.5, 0.6) is 11.5 Å². The minimum absolute atomic E-state index is 0.161. The second-order valence-electron chi connectivity index (χ2n) is 5.33. The van der Waals surface area contributed by atoms with Crippen LogP contribution in [0.25, 0.3) is 11.5 Å². The lowest BCUT2D eigenvalue weighted by molar-refractivity contribution is -0.123. The number of aromatic nitrogens is 2. The zero-order valence-corrected chi connectivity index (χ0v) is 17.7. The van der Waals surface area contributed by atoms with Gasteiger partial charge in [0, 0.05) is 14.5 Å². The van der Waals surface area contributed by atoms with Crippen molar-refractivity contribution in [2.24, 2.45) is 5.10 Å². The molecule has 0 aliphatic carbocycles. The van der Waals surface area contributed by atoms with Gasteiger partial charge in [-0.3, -0.25) is 4.79 Å². The van der Waals surface area contributed by atoms with Crippen LogP contribution in [0, 0.1) is 0 Å². The molecular weight excluding hydrogens is 496 g/mol. The number of rotatable bonds is 7. The monoisotopic (exact) mass is 508 g/mol. The van der Waals surface area contributed by atoms with Crippen LogP contribution in [0.4, 0.5) is 0 Å². The van der Waals surface area contributed by atoms with Gasteiger partial charge in [0.1, 0.15) is 6.21 Å². The highest BCUT2D eigenvalue weighted by molar-refractivity contribution is 9.10. The summed E-state index contributed by atoms with van der Waals surface area (Å²) in [7, 11) is 1.52. The van der Waals surface area contributed by atoms with Gasteiger partial charge in [0.25, 0.3) is 11.8 Å². The molecule has 0 unspecified atom stereocenters. The summed E-state index contributed by atoms with van der Waals surface area (Å²) in [6.45, 7) is -0.233. The molecule has 0 saturated heterocycles. The Morgan fingerprint density at radius 1 is 1.14 bits per heavy atom. The van der Waals surface area contributed by atoms with Gasteiger partial charge in [-0.15, -0.1) is 10.2 Å². The van der Waals surface area contributed by atoms with Crippen LogP contribution in [-0.4, -0.2) is 36.0 Å². The number of nitrogens with zero attached hydrogens (tertiary/aromatic N) is 3. The lowest BCUT2D eigenvalue weighted by atomic mass is 10.2. The molecule has 28 heavy (non-hydrogen) atoms. The van der Waals surface area contributed by atoms with Crippen molar-refractivity contribution in [2.75, 3.05) is 13.7 Å². The third-order valence-corrected chi connectivity index (χ3v) is 4.40. The number of carbonyl (C=O) groups is 1. The average Bonchev–Trinajstić information content (AvgIpc) is 3.16. The Labute approximate surface area is 177 Å². The van der Waals surface area contributed by atoms with E-state index in [1.165, 1.54) is 13.3 Å². The van der Waals surface area contributed by atoms with Crippen molar-refractivity contribution in [1.82, 2.24) is 15.6 Å². The van der Waals surface area contributed by atoms with E-state index in [2.05, 4.69) is 52.6 Å². The van der Waals surface area contributed by atoms with Crippen molar-refractivity contribution in [3.63, 3.8) is 0 Å². The summed E-state index contributed by atoms with van der Waals surface area (Å²) in [5.41, 5.74) is 3.10. The van der Waals surface area contributed by atoms with Crippen molar-refractivity contribution in [2.45, 2.75) is 0 Å². The van der Waals surface area contributed by atoms with E-state index in [9.17, 15) is 4.79 Å².